The van der Waals surface area contributed by atoms with Gasteiger partial charge >= 0.3 is 0 Å². The minimum absolute atomic E-state index is 0.0422. The molecule has 1 aliphatic heterocycles. The second-order valence-corrected chi connectivity index (χ2v) is 4.23. The molecule has 102 valence electrons. The minimum Gasteiger partial charge on any atom is -0.454 e. The first-order valence-corrected chi connectivity index (χ1v) is 5.71. The van der Waals surface area contributed by atoms with Gasteiger partial charge in [0.05, 0.1) is 11.6 Å². The van der Waals surface area contributed by atoms with Crippen LogP contribution < -0.4 is 20.5 Å². The Bertz CT molecular complexity index is 534. The summed E-state index contributed by atoms with van der Waals surface area (Å²) in [6.45, 7) is -0.235. The molecule has 8 heteroatoms. The van der Waals surface area contributed by atoms with Crippen LogP contribution in [0.5, 0.6) is 11.5 Å². The average Bonchev–Trinajstić information content (AvgIpc) is 2.83. The maximum absolute atomic E-state index is 11.8. The zero-order valence-electron chi connectivity index (χ0n) is 9.68. The van der Waals surface area contributed by atoms with Crippen LogP contribution in [-0.2, 0) is 4.79 Å². The SMILES string of the molecule is NC(=O)C(O)CNC(=O)c1cc(Cl)c2c(c1)OCO2. The molecule has 0 spiro atoms. The predicted octanol–water partition coefficient (Wildman–Crippen LogP) is -0.355. The Balaban J connectivity index is 2.08. The number of fused-ring (bicyclic) bond motifs is 1. The first-order chi connectivity index (χ1) is 8.99. The standard InChI is InChI=1S/C11H11ClN2O5/c12-6-1-5(2-8-9(6)19-4-18-8)11(17)14-3-7(15)10(13)16/h1-2,7,15H,3-4H2,(H2,13,16)(H,14,17). The van der Waals surface area contributed by atoms with Crippen molar-refractivity contribution >= 4 is 23.4 Å². The van der Waals surface area contributed by atoms with E-state index in [2.05, 4.69) is 5.32 Å². The highest BCUT2D eigenvalue weighted by Gasteiger charge is 2.21. The van der Waals surface area contributed by atoms with Crippen molar-refractivity contribution in [2.45, 2.75) is 6.10 Å². The van der Waals surface area contributed by atoms with Crippen LogP contribution in [0.2, 0.25) is 5.02 Å². The van der Waals surface area contributed by atoms with Crippen LogP contribution in [-0.4, -0.2) is 36.4 Å². The lowest BCUT2D eigenvalue weighted by atomic mass is 10.2. The molecule has 1 aromatic rings. The fourth-order valence-corrected chi connectivity index (χ4v) is 1.76. The van der Waals surface area contributed by atoms with Crippen molar-refractivity contribution in [1.82, 2.24) is 5.32 Å². The number of hydrogen-bond acceptors (Lipinski definition) is 5. The van der Waals surface area contributed by atoms with E-state index in [1.165, 1.54) is 12.1 Å². The molecule has 1 aliphatic rings. The van der Waals surface area contributed by atoms with Crippen LogP contribution in [0.25, 0.3) is 0 Å². The van der Waals surface area contributed by atoms with E-state index in [0.717, 1.165) is 0 Å². The summed E-state index contributed by atoms with van der Waals surface area (Å²) in [5, 5.41) is 11.8. The molecule has 19 heavy (non-hydrogen) atoms. The molecule has 1 atom stereocenters. The number of nitrogens with two attached hydrogens (primary N) is 1. The quantitative estimate of drug-likeness (QED) is 0.700. The van der Waals surface area contributed by atoms with Crippen LogP contribution >= 0.6 is 11.6 Å². The molecule has 0 aliphatic carbocycles. The van der Waals surface area contributed by atoms with E-state index >= 15 is 0 Å². The van der Waals surface area contributed by atoms with E-state index < -0.39 is 17.9 Å². The van der Waals surface area contributed by atoms with Crippen LogP contribution in [0.15, 0.2) is 12.1 Å². The van der Waals surface area contributed by atoms with E-state index in [9.17, 15) is 14.7 Å². The Morgan fingerprint density at radius 3 is 2.89 bits per heavy atom. The number of halogens is 1. The highest BCUT2D eigenvalue weighted by molar-refractivity contribution is 6.32. The van der Waals surface area contributed by atoms with Crippen molar-refractivity contribution in [3.63, 3.8) is 0 Å². The Hall–Kier alpha value is -1.99. The van der Waals surface area contributed by atoms with Crippen molar-refractivity contribution in [3.05, 3.63) is 22.7 Å². The lowest BCUT2D eigenvalue weighted by molar-refractivity contribution is -0.125. The molecule has 2 amide bonds. The van der Waals surface area contributed by atoms with Gasteiger partial charge in [0.25, 0.3) is 5.91 Å². The van der Waals surface area contributed by atoms with Gasteiger partial charge in [-0.1, -0.05) is 11.6 Å². The average molecular weight is 287 g/mol. The molecular weight excluding hydrogens is 276 g/mol. The first kappa shape index (κ1) is 13.4. The molecule has 7 nitrogen and oxygen atoms in total. The molecule has 1 aromatic carbocycles. The molecule has 4 N–H and O–H groups in total. The monoisotopic (exact) mass is 286 g/mol. The number of amides is 2. The number of carbonyl (C=O) groups is 2. The number of carbonyl (C=O) groups excluding carboxylic acids is 2. The van der Waals surface area contributed by atoms with Gasteiger partial charge < -0.3 is 25.6 Å². The zero-order valence-corrected chi connectivity index (χ0v) is 10.4. The Morgan fingerprint density at radius 2 is 2.21 bits per heavy atom. The maximum Gasteiger partial charge on any atom is 0.251 e. The van der Waals surface area contributed by atoms with Gasteiger partial charge in [0.1, 0.15) is 6.10 Å². The van der Waals surface area contributed by atoms with Gasteiger partial charge in [0.15, 0.2) is 11.5 Å². The third-order valence-corrected chi connectivity index (χ3v) is 2.75. The predicted molar refractivity (Wildman–Crippen MR) is 65.1 cm³/mol. The maximum atomic E-state index is 11.8. The van der Waals surface area contributed by atoms with Gasteiger partial charge in [0, 0.05) is 5.56 Å². The van der Waals surface area contributed by atoms with Gasteiger partial charge in [0.2, 0.25) is 12.7 Å². The first-order valence-electron chi connectivity index (χ1n) is 5.33. The molecule has 0 fully saturated rings. The Kier molecular flexibility index (Phi) is 3.77. The van der Waals surface area contributed by atoms with E-state index in [-0.39, 0.29) is 23.9 Å². The van der Waals surface area contributed by atoms with Crippen molar-refractivity contribution in [1.29, 1.82) is 0 Å². The van der Waals surface area contributed by atoms with Gasteiger partial charge in [-0.2, -0.15) is 0 Å². The number of primary amides is 1. The third kappa shape index (κ3) is 2.88. The molecule has 2 rings (SSSR count). The molecule has 0 aromatic heterocycles. The summed E-state index contributed by atoms with van der Waals surface area (Å²) in [7, 11) is 0. The molecule has 1 heterocycles. The van der Waals surface area contributed by atoms with E-state index in [1.807, 2.05) is 0 Å². The Morgan fingerprint density at radius 1 is 1.47 bits per heavy atom. The van der Waals surface area contributed by atoms with Gasteiger partial charge in [-0.05, 0) is 12.1 Å². The molecule has 0 radical (unpaired) electrons. The van der Waals surface area contributed by atoms with Crippen molar-refractivity contribution in [3.8, 4) is 11.5 Å². The second kappa shape index (κ2) is 5.33. The van der Waals surface area contributed by atoms with E-state index in [1.54, 1.807) is 0 Å². The minimum atomic E-state index is -1.44. The van der Waals surface area contributed by atoms with Gasteiger partial charge in [-0.25, -0.2) is 0 Å². The smallest absolute Gasteiger partial charge is 0.251 e. The lowest BCUT2D eigenvalue weighted by Crippen LogP contribution is -2.39. The normalized spacial score (nSPS) is 14.0. The summed E-state index contributed by atoms with van der Waals surface area (Å²) >= 11 is 5.92. The molecule has 0 saturated heterocycles. The van der Waals surface area contributed by atoms with Crippen LogP contribution in [0.3, 0.4) is 0 Å². The van der Waals surface area contributed by atoms with Crippen LogP contribution in [0.1, 0.15) is 10.4 Å². The molecule has 0 saturated carbocycles. The van der Waals surface area contributed by atoms with E-state index in [0.29, 0.717) is 11.5 Å². The molecule has 1 unspecified atom stereocenters. The summed E-state index contributed by atoms with van der Waals surface area (Å²) < 4.78 is 10.2. The number of hydrogen-bond donors (Lipinski definition) is 3. The fourth-order valence-electron chi connectivity index (χ4n) is 1.49. The summed E-state index contributed by atoms with van der Waals surface area (Å²) in [5.41, 5.74) is 5.09. The summed E-state index contributed by atoms with van der Waals surface area (Å²) in [6.07, 6.45) is -1.44. The van der Waals surface area contributed by atoms with Gasteiger partial charge in [-0.15, -0.1) is 0 Å². The largest absolute Gasteiger partial charge is 0.454 e. The fraction of sp³-hybridized carbons (Fsp3) is 0.273. The second-order valence-electron chi connectivity index (χ2n) is 3.82. The van der Waals surface area contributed by atoms with Crippen molar-refractivity contribution < 1.29 is 24.2 Å². The highest BCUT2D eigenvalue weighted by atomic mass is 35.5. The van der Waals surface area contributed by atoms with Crippen LogP contribution in [0.4, 0.5) is 0 Å². The number of rotatable bonds is 4. The van der Waals surface area contributed by atoms with Crippen molar-refractivity contribution in [2.75, 3.05) is 13.3 Å². The number of aliphatic hydroxyl groups excluding tert-OH is 1. The van der Waals surface area contributed by atoms with E-state index in [4.69, 9.17) is 26.8 Å². The van der Waals surface area contributed by atoms with Crippen molar-refractivity contribution in [2.24, 2.45) is 5.73 Å². The highest BCUT2D eigenvalue weighted by Crippen LogP contribution is 2.39. The summed E-state index contributed by atoms with van der Waals surface area (Å²) in [6, 6.07) is 2.86. The Labute approximate surface area is 113 Å². The van der Waals surface area contributed by atoms with Gasteiger partial charge in [-0.3, -0.25) is 9.59 Å². The number of nitrogens with one attached hydrogen (secondary N) is 1. The summed E-state index contributed by atoms with van der Waals surface area (Å²) in [5.74, 6) is -0.673. The third-order valence-electron chi connectivity index (χ3n) is 2.47. The topological polar surface area (TPSA) is 111 Å². The lowest BCUT2D eigenvalue weighted by Gasteiger charge is -2.09. The zero-order chi connectivity index (χ0) is 14.0. The number of benzene rings is 1. The van der Waals surface area contributed by atoms with Crippen LogP contribution in [0, 0.1) is 0 Å². The number of ether oxygens (including phenoxy) is 2. The summed E-state index contributed by atoms with van der Waals surface area (Å²) in [4.78, 5) is 22.4. The molecule has 0 bridgehead atoms. The molecular formula is C11H11ClN2O5. The number of aliphatic hydroxyl groups is 1.